The van der Waals surface area contributed by atoms with Crippen LogP contribution in [0.1, 0.15) is 5.69 Å². The third-order valence-corrected chi connectivity index (χ3v) is 4.89. The Labute approximate surface area is 124 Å². The summed E-state index contributed by atoms with van der Waals surface area (Å²) in [7, 11) is -1.97. The summed E-state index contributed by atoms with van der Waals surface area (Å²) in [6.07, 6.45) is 5.11. The Bertz CT molecular complexity index is 669. The van der Waals surface area contributed by atoms with Crippen molar-refractivity contribution < 1.29 is 8.42 Å². The molecule has 2 N–H and O–H groups in total. The molecule has 21 heavy (non-hydrogen) atoms. The van der Waals surface area contributed by atoms with Crippen molar-refractivity contribution in [2.75, 3.05) is 20.1 Å². The molecule has 0 aliphatic heterocycles. The predicted octanol–water partition coefficient (Wildman–Crippen LogP) is 0.100. The first-order valence-electron chi connectivity index (χ1n) is 6.63. The van der Waals surface area contributed by atoms with Crippen molar-refractivity contribution in [1.29, 1.82) is 0 Å². The summed E-state index contributed by atoms with van der Waals surface area (Å²) in [5.41, 5.74) is 6.28. The van der Waals surface area contributed by atoms with Gasteiger partial charge in [-0.1, -0.05) is 6.07 Å². The second kappa shape index (κ2) is 6.79. The Morgan fingerprint density at radius 1 is 1.38 bits per heavy atom. The molecule has 0 atom stereocenters. The van der Waals surface area contributed by atoms with Gasteiger partial charge in [-0.05, 0) is 12.1 Å². The normalized spacial score (nSPS) is 12.0. The van der Waals surface area contributed by atoms with E-state index in [4.69, 9.17) is 5.73 Å². The minimum Gasteiger partial charge on any atom is -0.329 e. The van der Waals surface area contributed by atoms with Gasteiger partial charge in [-0.25, -0.2) is 12.7 Å². The summed E-state index contributed by atoms with van der Waals surface area (Å²) in [6, 6.07) is 5.59. The van der Waals surface area contributed by atoms with Crippen LogP contribution < -0.4 is 5.73 Å². The van der Waals surface area contributed by atoms with E-state index in [1.165, 1.54) is 21.4 Å². The number of nitrogens with zero attached hydrogens (tertiary/aromatic N) is 4. The molecule has 2 aromatic rings. The molecule has 0 spiro atoms. The molecular formula is C13H19N5O2S. The highest BCUT2D eigenvalue weighted by Crippen LogP contribution is 2.13. The summed E-state index contributed by atoms with van der Waals surface area (Å²) in [4.78, 5) is 4.36. The van der Waals surface area contributed by atoms with Crippen molar-refractivity contribution in [1.82, 2.24) is 19.1 Å². The van der Waals surface area contributed by atoms with Gasteiger partial charge in [0.05, 0.1) is 12.7 Å². The van der Waals surface area contributed by atoms with Crippen LogP contribution in [-0.2, 0) is 23.0 Å². The van der Waals surface area contributed by atoms with E-state index in [-0.39, 0.29) is 4.90 Å². The lowest BCUT2D eigenvalue weighted by atomic mass is 10.3. The average Bonchev–Trinajstić information content (AvgIpc) is 2.95. The van der Waals surface area contributed by atoms with Crippen LogP contribution in [0.4, 0.5) is 0 Å². The van der Waals surface area contributed by atoms with Crippen LogP contribution in [0.5, 0.6) is 0 Å². The largest absolute Gasteiger partial charge is 0.329 e. The number of nitrogens with two attached hydrogens (primary N) is 1. The summed E-state index contributed by atoms with van der Waals surface area (Å²) in [5.74, 6) is 0. The standard InChI is InChI=1S/C13H19N5O2S/c1-17(8-5-12-4-2-3-7-15-12)21(19,20)13-10-16-18(11-13)9-6-14/h2-4,7,10-11H,5-6,8-9,14H2,1H3. The summed E-state index contributed by atoms with van der Waals surface area (Å²) in [5, 5.41) is 3.99. The number of rotatable bonds is 7. The molecule has 114 valence electrons. The van der Waals surface area contributed by atoms with E-state index in [2.05, 4.69) is 10.1 Å². The number of sulfonamides is 1. The molecule has 2 heterocycles. The van der Waals surface area contributed by atoms with E-state index in [1.807, 2.05) is 18.2 Å². The van der Waals surface area contributed by atoms with E-state index in [1.54, 1.807) is 13.2 Å². The molecule has 0 saturated heterocycles. The first-order valence-corrected chi connectivity index (χ1v) is 8.07. The zero-order valence-corrected chi connectivity index (χ0v) is 12.7. The fraction of sp³-hybridized carbons (Fsp3) is 0.385. The summed E-state index contributed by atoms with van der Waals surface area (Å²) < 4.78 is 27.6. The molecule has 2 rings (SSSR count). The first kappa shape index (κ1) is 15.6. The SMILES string of the molecule is CN(CCc1ccccn1)S(=O)(=O)c1cnn(CCN)c1. The number of pyridine rings is 1. The molecule has 0 saturated carbocycles. The number of aromatic nitrogens is 3. The lowest BCUT2D eigenvalue weighted by Crippen LogP contribution is -2.29. The van der Waals surface area contributed by atoms with E-state index in [0.717, 1.165) is 5.69 Å². The topological polar surface area (TPSA) is 94.1 Å². The summed E-state index contributed by atoms with van der Waals surface area (Å²) in [6.45, 7) is 1.27. The fourth-order valence-electron chi connectivity index (χ4n) is 1.85. The van der Waals surface area contributed by atoms with Gasteiger partial charge in [0.1, 0.15) is 4.90 Å². The van der Waals surface area contributed by atoms with Crippen LogP contribution in [0.25, 0.3) is 0 Å². The predicted molar refractivity (Wildman–Crippen MR) is 79.0 cm³/mol. The average molecular weight is 309 g/mol. The van der Waals surface area contributed by atoms with Crippen molar-refractivity contribution >= 4 is 10.0 Å². The monoisotopic (exact) mass is 309 g/mol. The van der Waals surface area contributed by atoms with Gasteiger partial charge in [0.2, 0.25) is 10.0 Å². The van der Waals surface area contributed by atoms with Gasteiger partial charge in [-0.3, -0.25) is 9.67 Å². The van der Waals surface area contributed by atoms with Crippen molar-refractivity contribution in [3.05, 3.63) is 42.5 Å². The highest BCUT2D eigenvalue weighted by Gasteiger charge is 2.22. The highest BCUT2D eigenvalue weighted by molar-refractivity contribution is 7.89. The van der Waals surface area contributed by atoms with E-state index >= 15 is 0 Å². The van der Waals surface area contributed by atoms with Gasteiger partial charge < -0.3 is 5.73 Å². The first-order chi connectivity index (χ1) is 10.0. The van der Waals surface area contributed by atoms with Crippen molar-refractivity contribution in [2.45, 2.75) is 17.9 Å². The molecule has 0 fully saturated rings. The van der Waals surface area contributed by atoms with Crippen LogP contribution in [0.3, 0.4) is 0 Å². The Morgan fingerprint density at radius 3 is 2.86 bits per heavy atom. The zero-order valence-electron chi connectivity index (χ0n) is 11.9. The van der Waals surface area contributed by atoms with E-state index in [0.29, 0.717) is 26.1 Å². The molecule has 0 radical (unpaired) electrons. The maximum Gasteiger partial charge on any atom is 0.245 e. The molecule has 7 nitrogen and oxygen atoms in total. The lowest BCUT2D eigenvalue weighted by molar-refractivity contribution is 0.471. The smallest absolute Gasteiger partial charge is 0.245 e. The molecular weight excluding hydrogens is 290 g/mol. The Morgan fingerprint density at radius 2 is 2.19 bits per heavy atom. The van der Waals surface area contributed by atoms with E-state index < -0.39 is 10.0 Å². The van der Waals surface area contributed by atoms with Crippen molar-refractivity contribution in [3.8, 4) is 0 Å². The van der Waals surface area contributed by atoms with Gasteiger partial charge in [0.15, 0.2) is 0 Å². The second-order valence-electron chi connectivity index (χ2n) is 4.63. The van der Waals surface area contributed by atoms with E-state index in [9.17, 15) is 8.42 Å². The van der Waals surface area contributed by atoms with Gasteiger partial charge >= 0.3 is 0 Å². The highest BCUT2D eigenvalue weighted by atomic mass is 32.2. The Kier molecular flexibility index (Phi) is 5.05. The third-order valence-electron chi connectivity index (χ3n) is 3.08. The fourth-order valence-corrected chi connectivity index (χ4v) is 2.98. The number of hydrogen-bond donors (Lipinski definition) is 1. The maximum atomic E-state index is 12.4. The molecule has 8 heteroatoms. The Hall–Kier alpha value is -1.77. The van der Waals surface area contributed by atoms with Gasteiger partial charge in [0.25, 0.3) is 0 Å². The van der Waals surface area contributed by atoms with Crippen LogP contribution in [0, 0.1) is 0 Å². The lowest BCUT2D eigenvalue weighted by Gasteiger charge is -2.15. The molecule has 0 aromatic carbocycles. The van der Waals surface area contributed by atoms with Gasteiger partial charge in [-0.2, -0.15) is 5.10 Å². The zero-order chi connectivity index (χ0) is 15.3. The van der Waals surface area contributed by atoms with Crippen molar-refractivity contribution in [2.24, 2.45) is 5.73 Å². The van der Waals surface area contributed by atoms with Gasteiger partial charge in [-0.15, -0.1) is 0 Å². The van der Waals surface area contributed by atoms with Crippen molar-refractivity contribution in [3.63, 3.8) is 0 Å². The minimum atomic E-state index is -3.53. The van der Waals surface area contributed by atoms with Crippen LogP contribution >= 0.6 is 0 Å². The molecule has 2 aromatic heterocycles. The van der Waals surface area contributed by atoms with Crippen LogP contribution in [0.2, 0.25) is 0 Å². The maximum absolute atomic E-state index is 12.4. The molecule has 0 aliphatic carbocycles. The Balaban J connectivity index is 2.04. The minimum absolute atomic E-state index is 0.180. The number of hydrogen-bond acceptors (Lipinski definition) is 5. The third kappa shape index (κ3) is 3.87. The number of likely N-dealkylation sites (N-methyl/N-ethyl adjacent to an activating group) is 1. The molecule has 0 unspecified atom stereocenters. The summed E-state index contributed by atoms with van der Waals surface area (Å²) >= 11 is 0. The molecule has 0 amide bonds. The van der Waals surface area contributed by atoms with Crippen LogP contribution in [0.15, 0.2) is 41.7 Å². The second-order valence-corrected chi connectivity index (χ2v) is 6.67. The molecule has 0 aliphatic rings. The molecule has 0 bridgehead atoms. The quantitative estimate of drug-likeness (QED) is 0.783. The van der Waals surface area contributed by atoms with Crippen LogP contribution in [-0.4, -0.2) is 47.6 Å². The van der Waals surface area contributed by atoms with Gasteiger partial charge in [0, 0.05) is 44.6 Å².